The fourth-order valence-electron chi connectivity index (χ4n) is 5.18. The Morgan fingerprint density at radius 1 is 0.310 bits per heavy atom. The predicted octanol–water partition coefficient (Wildman–Crippen LogP) is 4.49. The molecule has 2 radical (unpaired) electrons. The molecular weight excluding hydrogens is 1110 g/mol. The molecule has 0 saturated heterocycles. The summed E-state index contributed by atoms with van der Waals surface area (Å²) in [5.74, 6) is 0. The molecule has 8 rings (SSSR count). The standard InChI is InChI=1S/2C12H11Si.4C7H9.2ClH.2Hf/c2*1-3-7-11(8-4-1)13-12-9-5-2-6-10-12;4*1-6-4-3-5-7(6)2;;;;/h2*1-10,13H;4*4H,3H2,1-2H3;2*1H;;/q;;4*-1;;;;/p-2. The van der Waals surface area contributed by atoms with Gasteiger partial charge in [0.15, 0.2) is 0 Å². The van der Waals surface area contributed by atoms with Gasteiger partial charge in [0.1, 0.15) is 19.0 Å². The van der Waals surface area contributed by atoms with Gasteiger partial charge in [-0.25, -0.2) is 44.6 Å². The van der Waals surface area contributed by atoms with E-state index in [4.69, 9.17) is 0 Å². The van der Waals surface area contributed by atoms with E-state index in [2.05, 4.69) is 225 Å². The molecule has 4 aliphatic carbocycles. The van der Waals surface area contributed by atoms with E-state index in [1.165, 1.54) is 65.3 Å². The van der Waals surface area contributed by atoms with E-state index in [9.17, 15) is 0 Å². The van der Waals surface area contributed by atoms with Crippen LogP contribution >= 0.6 is 0 Å². The SMILES string of the molecule is CC1=[C-]CC=C1C.CC1=[C-]CC=C1C.CC1=[C-]CC=C1C.CC1=[C-]CC=C1C.[Cl-].[Cl-].[Hf].[Hf].c1ccc([SiH]c2ccccc2)cc1.c1ccc([SiH]c2ccccc2)cc1. The van der Waals surface area contributed by atoms with Crippen molar-refractivity contribution in [2.24, 2.45) is 0 Å². The Morgan fingerprint density at radius 2 is 0.483 bits per heavy atom. The molecular formula is C52H58Cl2Hf2Si2-6. The monoisotopic (exact) mass is 1170 g/mol. The van der Waals surface area contributed by atoms with Gasteiger partial charge in [-0.1, -0.05) is 170 Å². The Kier molecular flexibility index (Phi) is 34.1. The van der Waals surface area contributed by atoms with Gasteiger partial charge in [0.2, 0.25) is 0 Å². The second-order valence-electron chi connectivity index (χ2n) is 13.5. The number of hydrogen-bond donors (Lipinski definition) is 0. The van der Waals surface area contributed by atoms with Crippen LogP contribution in [0.5, 0.6) is 0 Å². The zero-order valence-electron chi connectivity index (χ0n) is 35.6. The summed E-state index contributed by atoms with van der Waals surface area (Å²) in [7, 11) is 0.543. The molecule has 0 aliphatic heterocycles. The zero-order chi connectivity index (χ0) is 39.0. The molecule has 0 N–H and O–H groups in total. The van der Waals surface area contributed by atoms with Crippen molar-refractivity contribution in [1.82, 2.24) is 0 Å². The number of allylic oxidation sites excluding steroid dienone is 16. The molecule has 0 nitrogen and oxygen atoms in total. The summed E-state index contributed by atoms with van der Waals surface area (Å²) in [4.78, 5) is 0. The fraction of sp³-hybridized carbons (Fsp3) is 0.231. The van der Waals surface area contributed by atoms with Crippen LogP contribution < -0.4 is 45.6 Å². The zero-order valence-corrected chi connectivity index (χ0v) is 46.6. The van der Waals surface area contributed by atoms with Gasteiger partial charge in [-0.15, -0.1) is 53.4 Å². The molecule has 302 valence electrons. The van der Waals surface area contributed by atoms with Gasteiger partial charge in [0, 0.05) is 51.7 Å². The molecule has 0 aromatic heterocycles. The van der Waals surface area contributed by atoms with E-state index in [0.29, 0.717) is 0 Å². The van der Waals surface area contributed by atoms with Crippen LogP contribution in [0.4, 0.5) is 0 Å². The minimum Gasteiger partial charge on any atom is -1.00 e. The topological polar surface area (TPSA) is 0 Å². The van der Waals surface area contributed by atoms with Crippen molar-refractivity contribution in [1.29, 1.82) is 0 Å². The molecule has 0 unspecified atom stereocenters. The Hall–Kier alpha value is -2.45. The number of halogens is 2. The minimum atomic E-state index is 0. The van der Waals surface area contributed by atoms with E-state index < -0.39 is 0 Å². The van der Waals surface area contributed by atoms with E-state index in [-0.39, 0.29) is 95.5 Å². The van der Waals surface area contributed by atoms with Crippen LogP contribution in [0.25, 0.3) is 0 Å². The average Bonchev–Trinajstić information content (AvgIpc) is 3.98. The first-order valence-corrected chi connectivity index (χ1v) is 21.3. The summed E-state index contributed by atoms with van der Waals surface area (Å²) in [6, 6.07) is 42.6. The van der Waals surface area contributed by atoms with Gasteiger partial charge in [0.05, 0.1) is 0 Å². The summed E-state index contributed by atoms with van der Waals surface area (Å²) in [6.07, 6.45) is 25.6. The van der Waals surface area contributed by atoms with Gasteiger partial charge in [-0.05, 0) is 0 Å². The van der Waals surface area contributed by atoms with Crippen LogP contribution in [-0.2, 0) is 51.7 Å². The molecule has 0 bridgehead atoms. The Balaban J connectivity index is 0. The number of hydrogen-bond acceptors (Lipinski definition) is 0. The second kappa shape index (κ2) is 34.3. The van der Waals surface area contributed by atoms with Crippen LogP contribution in [0.2, 0.25) is 0 Å². The molecule has 0 amide bonds. The van der Waals surface area contributed by atoms with Crippen molar-refractivity contribution < 1.29 is 76.5 Å². The van der Waals surface area contributed by atoms with Gasteiger partial charge < -0.3 is 24.8 Å². The van der Waals surface area contributed by atoms with E-state index in [1.807, 2.05) is 0 Å². The summed E-state index contributed by atoms with van der Waals surface area (Å²) in [5, 5.41) is 5.81. The van der Waals surface area contributed by atoms with Crippen LogP contribution in [0.3, 0.4) is 0 Å². The van der Waals surface area contributed by atoms with E-state index in [0.717, 1.165) is 25.7 Å². The van der Waals surface area contributed by atoms with Crippen molar-refractivity contribution in [3.8, 4) is 0 Å². The molecule has 4 aromatic carbocycles. The van der Waals surface area contributed by atoms with Gasteiger partial charge in [-0.2, -0.15) is 24.3 Å². The molecule has 0 heterocycles. The van der Waals surface area contributed by atoms with Crippen LogP contribution in [0.1, 0.15) is 81.1 Å². The predicted molar refractivity (Wildman–Crippen MR) is 242 cm³/mol. The summed E-state index contributed by atoms with van der Waals surface area (Å²) in [6.45, 7) is 16.9. The first kappa shape index (κ1) is 57.6. The third kappa shape index (κ3) is 24.6. The van der Waals surface area contributed by atoms with E-state index >= 15 is 0 Å². The minimum absolute atomic E-state index is 0. The Bertz CT molecular complexity index is 1610. The van der Waals surface area contributed by atoms with Gasteiger partial charge in [-0.3, -0.25) is 24.3 Å². The first-order chi connectivity index (χ1) is 26.1. The molecule has 0 fully saturated rings. The molecule has 0 atom stereocenters. The van der Waals surface area contributed by atoms with Crippen molar-refractivity contribution in [3.05, 3.63) is 215 Å². The van der Waals surface area contributed by atoms with Crippen molar-refractivity contribution >= 4 is 39.8 Å². The van der Waals surface area contributed by atoms with Crippen molar-refractivity contribution in [3.63, 3.8) is 0 Å². The third-order valence-electron chi connectivity index (χ3n) is 9.33. The average molecular weight is 1170 g/mol. The normalized spacial score (nSPS) is 13.7. The molecule has 4 aromatic rings. The quantitative estimate of drug-likeness (QED) is 0.209. The van der Waals surface area contributed by atoms with Crippen LogP contribution in [-0.4, -0.2) is 19.0 Å². The molecule has 0 spiro atoms. The Morgan fingerprint density at radius 3 is 0.586 bits per heavy atom. The van der Waals surface area contributed by atoms with Crippen LogP contribution in [0.15, 0.2) is 190 Å². The maximum absolute atomic E-state index is 3.19. The largest absolute Gasteiger partial charge is 1.00 e. The summed E-state index contributed by atoms with van der Waals surface area (Å²) in [5.41, 5.74) is 10.8. The molecule has 6 heteroatoms. The van der Waals surface area contributed by atoms with Crippen molar-refractivity contribution in [2.45, 2.75) is 81.1 Å². The van der Waals surface area contributed by atoms with Gasteiger partial charge in [0.25, 0.3) is 0 Å². The molecule has 58 heavy (non-hydrogen) atoms. The van der Waals surface area contributed by atoms with Crippen LogP contribution in [0, 0.1) is 24.3 Å². The van der Waals surface area contributed by atoms with Crippen molar-refractivity contribution in [2.75, 3.05) is 0 Å². The summed E-state index contributed by atoms with van der Waals surface area (Å²) >= 11 is 0. The fourth-order valence-corrected chi connectivity index (χ4v) is 7.61. The van der Waals surface area contributed by atoms with Gasteiger partial charge >= 0.3 is 0 Å². The third-order valence-corrected chi connectivity index (χ3v) is 12.2. The summed E-state index contributed by atoms with van der Waals surface area (Å²) < 4.78 is 0. The smallest absolute Gasteiger partial charge is 0.103 e. The first-order valence-electron chi connectivity index (χ1n) is 19.0. The molecule has 4 aliphatic rings. The Labute approximate surface area is 408 Å². The maximum Gasteiger partial charge on any atom is 0.103 e. The molecule has 0 saturated carbocycles. The maximum atomic E-state index is 3.19. The second-order valence-corrected chi connectivity index (χ2v) is 16.7. The van der Waals surface area contributed by atoms with E-state index in [1.54, 1.807) is 0 Å². The number of rotatable bonds is 4. The number of benzene rings is 4.